The van der Waals surface area contributed by atoms with Crippen molar-refractivity contribution in [3.63, 3.8) is 0 Å². The largest absolute Gasteiger partial charge is 0.463 e. The van der Waals surface area contributed by atoms with Gasteiger partial charge in [0.2, 0.25) is 5.91 Å². The van der Waals surface area contributed by atoms with E-state index >= 15 is 0 Å². The van der Waals surface area contributed by atoms with Crippen LogP contribution < -0.4 is 16.4 Å². The topological polar surface area (TPSA) is 125 Å². The molecular formula is C22H21N5O5. The fourth-order valence-electron chi connectivity index (χ4n) is 3.12. The molecule has 0 aromatic carbocycles. The molecule has 0 saturated heterocycles. The molecule has 0 radical (unpaired) electrons. The number of nitrogens with one attached hydrogen (secondary N) is 1. The molecule has 32 heavy (non-hydrogen) atoms. The Morgan fingerprint density at radius 2 is 1.50 bits per heavy atom. The lowest BCUT2D eigenvalue weighted by Crippen LogP contribution is -2.50. The molecule has 4 rings (SSSR count). The molecule has 0 aliphatic rings. The fourth-order valence-corrected chi connectivity index (χ4v) is 3.12. The summed E-state index contributed by atoms with van der Waals surface area (Å²) < 4.78 is 13.0. The maximum Gasteiger partial charge on any atom is 0.267 e. The van der Waals surface area contributed by atoms with Crippen molar-refractivity contribution >= 4 is 5.91 Å². The summed E-state index contributed by atoms with van der Waals surface area (Å²) in [7, 11) is 0. The molecule has 4 aromatic rings. The zero-order valence-electron chi connectivity index (χ0n) is 17.5. The molecule has 0 unspecified atom stereocenters. The first-order valence-electron chi connectivity index (χ1n) is 9.91. The number of nitrogens with zero attached hydrogens (tertiary/aromatic N) is 4. The molecule has 0 saturated carbocycles. The number of hydrogen-bond acceptors (Lipinski definition) is 7. The summed E-state index contributed by atoms with van der Waals surface area (Å²) in [6.07, 6.45) is 3.02. The summed E-state index contributed by atoms with van der Waals surface area (Å²) in [5.74, 6) is 0.585. The maximum absolute atomic E-state index is 12.9. The van der Waals surface area contributed by atoms with E-state index in [1.807, 2.05) is 0 Å². The molecule has 0 bridgehead atoms. The van der Waals surface area contributed by atoms with E-state index in [1.165, 1.54) is 35.4 Å². The van der Waals surface area contributed by atoms with E-state index in [2.05, 4.69) is 15.5 Å². The molecule has 4 heterocycles. The number of hydrogen-bond donors (Lipinski definition) is 1. The molecule has 0 aliphatic carbocycles. The Morgan fingerprint density at radius 3 is 2.09 bits per heavy atom. The second-order valence-corrected chi connectivity index (χ2v) is 7.52. The summed E-state index contributed by atoms with van der Waals surface area (Å²) in [4.78, 5) is 37.4. The second-order valence-electron chi connectivity index (χ2n) is 7.52. The minimum atomic E-state index is -1.28. The van der Waals surface area contributed by atoms with Crippen LogP contribution in [0.5, 0.6) is 0 Å². The lowest BCUT2D eigenvalue weighted by atomic mass is 10.0. The van der Waals surface area contributed by atoms with E-state index in [9.17, 15) is 14.4 Å². The van der Waals surface area contributed by atoms with E-state index < -0.39 is 17.0 Å². The maximum atomic E-state index is 12.9. The molecule has 0 atom stereocenters. The zero-order valence-corrected chi connectivity index (χ0v) is 17.5. The van der Waals surface area contributed by atoms with Gasteiger partial charge in [0.25, 0.3) is 11.1 Å². The van der Waals surface area contributed by atoms with Crippen LogP contribution in [-0.2, 0) is 16.9 Å². The molecule has 0 aliphatic heterocycles. The second kappa shape index (κ2) is 8.50. The van der Waals surface area contributed by atoms with Crippen molar-refractivity contribution in [1.82, 2.24) is 24.9 Å². The van der Waals surface area contributed by atoms with Gasteiger partial charge < -0.3 is 14.2 Å². The Labute approximate surface area is 182 Å². The van der Waals surface area contributed by atoms with Crippen LogP contribution in [0.1, 0.15) is 13.8 Å². The number of amides is 1. The van der Waals surface area contributed by atoms with Gasteiger partial charge in [-0.25, -0.2) is 9.36 Å². The average Bonchev–Trinajstić information content (AvgIpc) is 3.49. The highest BCUT2D eigenvalue weighted by Gasteiger charge is 2.32. The molecule has 10 heteroatoms. The van der Waals surface area contributed by atoms with Crippen LogP contribution in [0.4, 0.5) is 0 Å². The van der Waals surface area contributed by atoms with E-state index in [-0.39, 0.29) is 18.6 Å². The monoisotopic (exact) mass is 435 g/mol. The van der Waals surface area contributed by atoms with Crippen LogP contribution in [0.15, 0.2) is 79.5 Å². The SMILES string of the molecule is CC(C)(C(=O)NCCn1nc(-c2ccco2)ccc1=O)n1nc(-c2ccco2)ccc1=O. The Kier molecular flexibility index (Phi) is 5.59. The first kappa shape index (κ1) is 21.0. The standard InChI is InChI=1S/C22H21N5O5/c1-22(2,27-20(29)10-8-16(25-27)18-6-4-14-32-18)21(30)23-11-12-26-19(28)9-7-15(24-26)17-5-3-13-31-17/h3-10,13-14H,11-12H2,1-2H3,(H,23,30). The lowest BCUT2D eigenvalue weighted by Gasteiger charge is -2.25. The molecular weight excluding hydrogens is 414 g/mol. The first-order valence-corrected chi connectivity index (χ1v) is 9.91. The van der Waals surface area contributed by atoms with Gasteiger partial charge >= 0.3 is 0 Å². The van der Waals surface area contributed by atoms with Gasteiger partial charge in [0, 0.05) is 18.7 Å². The van der Waals surface area contributed by atoms with Gasteiger partial charge in [0.1, 0.15) is 16.9 Å². The highest BCUT2D eigenvalue weighted by molar-refractivity contribution is 5.83. The molecule has 4 aromatic heterocycles. The number of carbonyl (C=O) groups excluding carboxylic acids is 1. The molecule has 1 amide bonds. The van der Waals surface area contributed by atoms with E-state index in [1.54, 1.807) is 44.2 Å². The fraction of sp³-hybridized carbons (Fsp3) is 0.227. The molecule has 10 nitrogen and oxygen atoms in total. The Morgan fingerprint density at radius 1 is 0.906 bits per heavy atom. The van der Waals surface area contributed by atoms with Crippen LogP contribution in [0.25, 0.3) is 22.9 Å². The summed E-state index contributed by atoms with van der Waals surface area (Å²) in [5.41, 5.74) is -1.08. The van der Waals surface area contributed by atoms with Crippen molar-refractivity contribution in [3.05, 3.63) is 81.8 Å². The Bertz CT molecular complexity index is 1330. The van der Waals surface area contributed by atoms with Crippen molar-refractivity contribution in [2.24, 2.45) is 0 Å². The van der Waals surface area contributed by atoms with Gasteiger partial charge in [-0.05, 0) is 50.2 Å². The summed E-state index contributed by atoms with van der Waals surface area (Å²) in [6, 6.07) is 12.7. The van der Waals surface area contributed by atoms with E-state index in [0.29, 0.717) is 22.9 Å². The minimum Gasteiger partial charge on any atom is -0.463 e. The highest BCUT2D eigenvalue weighted by Crippen LogP contribution is 2.18. The molecule has 0 fully saturated rings. The van der Waals surface area contributed by atoms with Gasteiger partial charge in [-0.2, -0.15) is 10.2 Å². The first-order chi connectivity index (χ1) is 15.4. The van der Waals surface area contributed by atoms with Crippen molar-refractivity contribution in [2.75, 3.05) is 6.54 Å². The molecule has 0 spiro atoms. The minimum absolute atomic E-state index is 0.128. The van der Waals surface area contributed by atoms with Crippen molar-refractivity contribution in [1.29, 1.82) is 0 Å². The predicted octanol–water partition coefficient (Wildman–Crippen LogP) is 1.87. The third kappa shape index (κ3) is 4.15. The summed E-state index contributed by atoms with van der Waals surface area (Å²) >= 11 is 0. The van der Waals surface area contributed by atoms with Crippen molar-refractivity contribution < 1.29 is 13.6 Å². The summed E-state index contributed by atoms with van der Waals surface area (Å²) in [6.45, 7) is 3.45. The van der Waals surface area contributed by atoms with Gasteiger partial charge in [-0.1, -0.05) is 0 Å². The van der Waals surface area contributed by atoms with Crippen LogP contribution in [0.2, 0.25) is 0 Å². The normalized spacial score (nSPS) is 11.4. The van der Waals surface area contributed by atoms with Crippen molar-refractivity contribution in [2.45, 2.75) is 25.9 Å². The van der Waals surface area contributed by atoms with Gasteiger partial charge in [0.05, 0.1) is 19.1 Å². The third-order valence-electron chi connectivity index (χ3n) is 4.91. The quantitative estimate of drug-likeness (QED) is 0.470. The number of aromatic nitrogens is 4. The number of furan rings is 2. The van der Waals surface area contributed by atoms with E-state index in [0.717, 1.165) is 4.68 Å². The number of carbonyl (C=O) groups is 1. The van der Waals surface area contributed by atoms with Gasteiger partial charge in [-0.3, -0.25) is 14.4 Å². The summed E-state index contributed by atoms with van der Waals surface area (Å²) in [5, 5.41) is 11.3. The lowest BCUT2D eigenvalue weighted by molar-refractivity contribution is -0.129. The number of rotatable bonds is 7. The highest BCUT2D eigenvalue weighted by atomic mass is 16.3. The average molecular weight is 435 g/mol. The van der Waals surface area contributed by atoms with Crippen LogP contribution in [0.3, 0.4) is 0 Å². The van der Waals surface area contributed by atoms with Gasteiger partial charge in [0.15, 0.2) is 11.5 Å². The predicted molar refractivity (Wildman–Crippen MR) is 115 cm³/mol. The molecule has 1 N–H and O–H groups in total. The third-order valence-corrected chi connectivity index (χ3v) is 4.91. The van der Waals surface area contributed by atoms with Crippen LogP contribution >= 0.6 is 0 Å². The van der Waals surface area contributed by atoms with Crippen LogP contribution in [-0.4, -0.2) is 32.0 Å². The van der Waals surface area contributed by atoms with Crippen LogP contribution in [0, 0.1) is 0 Å². The van der Waals surface area contributed by atoms with Crippen molar-refractivity contribution in [3.8, 4) is 22.9 Å². The molecule has 164 valence electrons. The Hall–Kier alpha value is -4.21. The smallest absolute Gasteiger partial charge is 0.267 e. The zero-order chi connectivity index (χ0) is 22.7. The van der Waals surface area contributed by atoms with Gasteiger partial charge in [-0.15, -0.1) is 0 Å². The Balaban J connectivity index is 1.48. The van der Waals surface area contributed by atoms with E-state index in [4.69, 9.17) is 8.83 Å².